The predicted octanol–water partition coefficient (Wildman–Crippen LogP) is 3.90. The average molecular weight is 287 g/mol. The van der Waals surface area contributed by atoms with Crippen molar-refractivity contribution in [2.75, 3.05) is 17.6 Å². The first-order chi connectivity index (χ1) is 9.43. The molecule has 1 N–H and O–H groups in total. The fraction of sp³-hybridized carbons (Fsp3) is 0.143. The second-order valence-electron chi connectivity index (χ2n) is 3.95. The van der Waals surface area contributed by atoms with Crippen molar-refractivity contribution in [3.8, 4) is 0 Å². The fourth-order valence-corrected chi connectivity index (χ4v) is 3.37. The number of benzene rings is 1. The molecule has 3 nitrogen and oxygen atoms in total. The number of thioether (sulfide) groups is 1. The summed E-state index contributed by atoms with van der Waals surface area (Å²) in [6.45, 7) is 0.892. The second kappa shape index (κ2) is 6.04. The maximum absolute atomic E-state index is 4.30. The van der Waals surface area contributed by atoms with Gasteiger partial charge in [-0.2, -0.15) is 0 Å². The van der Waals surface area contributed by atoms with E-state index in [9.17, 15) is 0 Å². The van der Waals surface area contributed by atoms with Crippen LogP contribution in [0.5, 0.6) is 0 Å². The number of nitrogens with zero attached hydrogens (tertiary/aromatic N) is 2. The molecular weight excluding hydrogens is 274 g/mol. The molecule has 0 saturated heterocycles. The third-order valence-electron chi connectivity index (χ3n) is 2.65. The van der Waals surface area contributed by atoms with Crippen molar-refractivity contribution in [3.05, 3.63) is 48.1 Å². The molecule has 0 aliphatic carbocycles. The fourth-order valence-electron chi connectivity index (χ4n) is 1.77. The molecule has 0 unspecified atom stereocenters. The van der Waals surface area contributed by atoms with E-state index in [1.54, 1.807) is 17.7 Å². The lowest BCUT2D eigenvalue weighted by molar-refractivity contribution is 1.15. The van der Waals surface area contributed by atoms with Gasteiger partial charge < -0.3 is 5.32 Å². The summed E-state index contributed by atoms with van der Waals surface area (Å²) in [4.78, 5) is 9.83. The summed E-state index contributed by atoms with van der Waals surface area (Å²) in [5, 5.41) is 5.43. The molecule has 2 aromatic heterocycles. The van der Waals surface area contributed by atoms with Gasteiger partial charge in [-0.15, -0.1) is 23.1 Å². The van der Waals surface area contributed by atoms with E-state index in [0.29, 0.717) is 0 Å². The van der Waals surface area contributed by atoms with Crippen LogP contribution in [0.25, 0.3) is 10.2 Å². The second-order valence-corrected chi connectivity index (χ2v) is 6.03. The number of hydrogen-bond donors (Lipinski definition) is 1. The van der Waals surface area contributed by atoms with Crippen molar-refractivity contribution in [1.82, 2.24) is 9.97 Å². The Bertz CT molecular complexity index is 652. The van der Waals surface area contributed by atoms with Crippen molar-refractivity contribution < 1.29 is 0 Å². The molecule has 96 valence electrons. The lowest BCUT2D eigenvalue weighted by Crippen LogP contribution is -2.05. The summed E-state index contributed by atoms with van der Waals surface area (Å²) < 4.78 is 1.13. The van der Waals surface area contributed by atoms with E-state index in [1.807, 2.05) is 29.3 Å². The van der Waals surface area contributed by atoms with Crippen molar-refractivity contribution in [1.29, 1.82) is 0 Å². The minimum atomic E-state index is 0.892. The molecule has 0 saturated carbocycles. The van der Waals surface area contributed by atoms with Gasteiger partial charge in [-0.3, -0.25) is 0 Å². The molecule has 5 heteroatoms. The molecule has 2 heterocycles. The summed E-state index contributed by atoms with van der Waals surface area (Å²) in [7, 11) is 0. The lowest BCUT2D eigenvalue weighted by Gasteiger charge is -2.06. The first-order valence-electron chi connectivity index (χ1n) is 6.03. The molecule has 0 fully saturated rings. The maximum Gasteiger partial charge on any atom is 0.147 e. The summed E-state index contributed by atoms with van der Waals surface area (Å²) >= 11 is 3.52. The number of anilines is 1. The number of aromatic nitrogens is 2. The minimum Gasteiger partial charge on any atom is -0.368 e. The highest BCUT2D eigenvalue weighted by atomic mass is 32.2. The van der Waals surface area contributed by atoms with Gasteiger partial charge in [-0.1, -0.05) is 18.2 Å². The van der Waals surface area contributed by atoms with E-state index in [-0.39, 0.29) is 0 Å². The SMILES string of the molecule is c1ccc(SCCNc2ncnc3ccsc23)cc1. The van der Waals surface area contributed by atoms with Gasteiger partial charge in [0.15, 0.2) is 0 Å². The average Bonchev–Trinajstić information content (AvgIpc) is 2.94. The highest BCUT2D eigenvalue weighted by molar-refractivity contribution is 7.99. The molecule has 0 aliphatic heterocycles. The van der Waals surface area contributed by atoms with Gasteiger partial charge in [0.25, 0.3) is 0 Å². The van der Waals surface area contributed by atoms with E-state index in [1.165, 1.54) is 4.90 Å². The van der Waals surface area contributed by atoms with Gasteiger partial charge in [0.2, 0.25) is 0 Å². The lowest BCUT2D eigenvalue weighted by atomic mass is 10.4. The van der Waals surface area contributed by atoms with Crippen molar-refractivity contribution in [3.63, 3.8) is 0 Å². The third kappa shape index (κ3) is 3.05. The standard InChI is InChI=1S/C14H13N3S2/c1-2-4-11(5-3-1)18-9-7-15-14-13-12(6-8-19-13)16-10-17-14/h1-6,8,10H,7,9H2,(H,15,16,17). The van der Waals surface area contributed by atoms with Crippen LogP contribution in [0.1, 0.15) is 0 Å². The van der Waals surface area contributed by atoms with Gasteiger partial charge in [0, 0.05) is 17.2 Å². The molecule has 0 spiro atoms. The first kappa shape index (κ1) is 12.4. The minimum absolute atomic E-state index is 0.892. The highest BCUT2D eigenvalue weighted by Gasteiger charge is 2.03. The van der Waals surface area contributed by atoms with Crippen molar-refractivity contribution in [2.45, 2.75) is 4.90 Å². The Morgan fingerprint density at radius 2 is 2.00 bits per heavy atom. The summed E-state index contributed by atoms with van der Waals surface area (Å²) in [5.41, 5.74) is 1.01. The van der Waals surface area contributed by atoms with Crippen molar-refractivity contribution >= 4 is 39.1 Å². The number of thiophene rings is 1. The van der Waals surface area contributed by atoms with Crippen LogP contribution in [0, 0.1) is 0 Å². The van der Waals surface area contributed by atoms with Gasteiger partial charge in [-0.25, -0.2) is 9.97 Å². The third-order valence-corrected chi connectivity index (χ3v) is 4.57. The molecule has 0 atom stereocenters. The smallest absolute Gasteiger partial charge is 0.147 e. The molecular formula is C14H13N3S2. The Morgan fingerprint density at radius 3 is 2.89 bits per heavy atom. The largest absolute Gasteiger partial charge is 0.368 e. The monoisotopic (exact) mass is 287 g/mol. The van der Waals surface area contributed by atoms with E-state index in [4.69, 9.17) is 0 Å². The Balaban J connectivity index is 1.57. The van der Waals surface area contributed by atoms with Crippen LogP contribution in [0.2, 0.25) is 0 Å². The summed E-state index contributed by atoms with van der Waals surface area (Å²) in [6, 6.07) is 12.5. The van der Waals surface area contributed by atoms with Crippen LogP contribution >= 0.6 is 23.1 Å². The first-order valence-corrected chi connectivity index (χ1v) is 7.90. The highest BCUT2D eigenvalue weighted by Crippen LogP contribution is 2.25. The van der Waals surface area contributed by atoms with Crippen LogP contribution in [0.15, 0.2) is 53.0 Å². The Labute approximate surface area is 120 Å². The molecule has 0 radical (unpaired) electrons. The summed E-state index contributed by atoms with van der Waals surface area (Å²) in [6.07, 6.45) is 1.61. The van der Waals surface area contributed by atoms with Crippen LogP contribution in [-0.2, 0) is 0 Å². The normalized spacial score (nSPS) is 10.7. The number of fused-ring (bicyclic) bond motifs is 1. The zero-order valence-corrected chi connectivity index (χ0v) is 11.9. The molecule has 1 aromatic carbocycles. The van der Waals surface area contributed by atoms with Crippen LogP contribution in [-0.4, -0.2) is 22.3 Å². The molecule has 19 heavy (non-hydrogen) atoms. The maximum atomic E-state index is 4.30. The zero-order chi connectivity index (χ0) is 12.9. The molecule has 0 aliphatic rings. The number of hydrogen-bond acceptors (Lipinski definition) is 5. The van der Waals surface area contributed by atoms with E-state index in [0.717, 1.165) is 28.3 Å². The molecule has 0 amide bonds. The Kier molecular flexibility index (Phi) is 3.95. The van der Waals surface area contributed by atoms with Crippen LogP contribution in [0.4, 0.5) is 5.82 Å². The molecule has 0 bridgehead atoms. The quantitative estimate of drug-likeness (QED) is 0.570. The topological polar surface area (TPSA) is 37.8 Å². The van der Waals surface area contributed by atoms with E-state index in [2.05, 4.69) is 39.6 Å². The number of rotatable bonds is 5. The van der Waals surface area contributed by atoms with Gasteiger partial charge >= 0.3 is 0 Å². The predicted molar refractivity (Wildman–Crippen MR) is 83.1 cm³/mol. The van der Waals surface area contributed by atoms with Crippen LogP contribution in [0.3, 0.4) is 0 Å². The molecule has 3 aromatic rings. The number of nitrogens with one attached hydrogen (secondary N) is 1. The van der Waals surface area contributed by atoms with Crippen molar-refractivity contribution in [2.24, 2.45) is 0 Å². The van der Waals surface area contributed by atoms with Gasteiger partial charge in [0.1, 0.15) is 12.1 Å². The van der Waals surface area contributed by atoms with E-state index >= 15 is 0 Å². The summed E-state index contributed by atoms with van der Waals surface area (Å²) in [5.74, 6) is 1.95. The Hall–Kier alpha value is -1.59. The van der Waals surface area contributed by atoms with E-state index < -0.39 is 0 Å². The van der Waals surface area contributed by atoms with Crippen LogP contribution < -0.4 is 5.32 Å². The van der Waals surface area contributed by atoms with Gasteiger partial charge in [-0.05, 0) is 23.6 Å². The zero-order valence-electron chi connectivity index (χ0n) is 10.2. The molecule has 3 rings (SSSR count). The van der Waals surface area contributed by atoms with Gasteiger partial charge in [0.05, 0.1) is 10.2 Å². The Morgan fingerprint density at radius 1 is 1.11 bits per heavy atom.